The molecule has 4 rings (SSSR count). The highest BCUT2D eigenvalue weighted by Crippen LogP contribution is 2.27. The minimum Gasteiger partial charge on any atom is -0.440 e. The summed E-state index contributed by atoms with van der Waals surface area (Å²) < 4.78 is 7.84. The number of nitrogens with zero attached hydrogens (tertiary/aromatic N) is 5. The maximum absolute atomic E-state index is 5.76. The molecular formula is C17H15N5OS. The third-order valence-corrected chi connectivity index (χ3v) is 4.59. The molecule has 0 N–H and O–H groups in total. The van der Waals surface area contributed by atoms with Crippen LogP contribution in [0.25, 0.3) is 22.5 Å². The second-order valence-corrected chi connectivity index (χ2v) is 6.09. The van der Waals surface area contributed by atoms with Crippen LogP contribution in [0.5, 0.6) is 0 Å². The Morgan fingerprint density at radius 2 is 1.92 bits per heavy atom. The number of benzene rings is 1. The zero-order chi connectivity index (χ0) is 16.4. The summed E-state index contributed by atoms with van der Waals surface area (Å²) in [7, 11) is 0. The first kappa shape index (κ1) is 14.9. The molecule has 0 unspecified atom stereocenters. The number of para-hydroxylation sites is 2. The largest absolute Gasteiger partial charge is 0.440 e. The van der Waals surface area contributed by atoms with Crippen LogP contribution < -0.4 is 0 Å². The van der Waals surface area contributed by atoms with Crippen LogP contribution in [0.4, 0.5) is 0 Å². The van der Waals surface area contributed by atoms with Gasteiger partial charge in [0.1, 0.15) is 5.52 Å². The molecule has 0 spiro atoms. The van der Waals surface area contributed by atoms with Crippen LogP contribution in [0.2, 0.25) is 0 Å². The minimum absolute atomic E-state index is 0.614. The lowest BCUT2D eigenvalue weighted by molar-refractivity contribution is 0.555. The molecule has 3 heterocycles. The Balaban J connectivity index is 1.57. The van der Waals surface area contributed by atoms with Crippen molar-refractivity contribution in [3.05, 3.63) is 54.7 Å². The minimum atomic E-state index is 0.614. The fourth-order valence-electron chi connectivity index (χ4n) is 2.50. The van der Waals surface area contributed by atoms with Gasteiger partial charge in [0.05, 0.1) is 5.75 Å². The molecule has 120 valence electrons. The SMILES string of the molecule is CCn1c(SCc2nc3ccccc3o2)nnc1-c1ccncc1. The van der Waals surface area contributed by atoms with Crippen molar-refractivity contribution in [2.45, 2.75) is 24.4 Å². The number of fused-ring (bicyclic) bond motifs is 1. The highest BCUT2D eigenvalue weighted by Gasteiger charge is 2.14. The monoisotopic (exact) mass is 337 g/mol. The third-order valence-electron chi connectivity index (χ3n) is 3.63. The van der Waals surface area contributed by atoms with Gasteiger partial charge in [0.15, 0.2) is 16.6 Å². The number of aromatic nitrogens is 5. The Labute approximate surface area is 143 Å². The van der Waals surface area contributed by atoms with Gasteiger partial charge >= 0.3 is 0 Å². The lowest BCUT2D eigenvalue weighted by atomic mass is 10.2. The van der Waals surface area contributed by atoms with Crippen LogP contribution in [0.3, 0.4) is 0 Å². The average molecular weight is 337 g/mol. The topological polar surface area (TPSA) is 69.6 Å². The van der Waals surface area contributed by atoms with Gasteiger partial charge in [-0.1, -0.05) is 23.9 Å². The van der Waals surface area contributed by atoms with E-state index in [-0.39, 0.29) is 0 Å². The van der Waals surface area contributed by atoms with Crippen LogP contribution in [0.1, 0.15) is 12.8 Å². The first-order chi connectivity index (χ1) is 11.8. The van der Waals surface area contributed by atoms with Crippen LogP contribution in [0.15, 0.2) is 58.4 Å². The van der Waals surface area contributed by atoms with E-state index in [0.717, 1.165) is 34.2 Å². The molecule has 7 heteroatoms. The van der Waals surface area contributed by atoms with Crippen molar-refractivity contribution in [3.8, 4) is 11.4 Å². The first-order valence-electron chi connectivity index (χ1n) is 7.66. The molecule has 0 bridgehead atoms. The molecule has 1 aromatic carbocycles. The van der Waals surface area contributed by atoms with Crippen molar-refractivity contribution in [3.63, 3.8) is 0 Å². The fourth-order valence-corrected chi connectivity index (χ4v) is 3.35. The lowest BCUT2D eigenvalue weighted by Gasteiger charge is -2.06. The van der Waals surface area contributed by atoms with Gasteiger partial charge in [-0.25, -0.2) is 4.98 Å². The summed E-state index contributed by atoms with van der Waals surface area (Å²) in [4.78, 5) is 8.54. The van der Waals surface area contributed by atoms with E-state index in [1.165, 1.54) is 0 Å². The second-order valence-electron chi connectivity index (χ2n) is 5.15. The Morgan fingerprint density at radius 1 is 1.08 bits per heavy atom. The Bertz CT molecular complexity index is 930. The molecule has 0 aliphatic heterocycles. The number of hydrogen-bond acceptors (Lipinski definition) is 6. The maximum atomic E-state index is 5.76. The van der Waals surface area contributed by atoms with Crippen molar-refractivity contribution in [2.75, 3.05) is 0 Å². The molecule has 0 aliphatic carbocycles. The van der Waals surface area contributed by atoms with Gasteiger partial charge < -0.3 is 8.98 Å². The summed E-state index contributed by atoms with van der Waals surface area (Å²) >= 11 is 1.57. The highest BCUT2D eigenvalue weighted by atomic mass is 32.2. The predicted molar refractivity (Wildman–Crippen MR) is 92.5 cm³/mol. The summed E-state index contributed by atoms with van der Waals surface area (Å²) in [6.45, 7) is 2.87. The fraction of sp³-hybridized carbons (Fsp3) is 0.176. The maximum Gasteiger partial charge on any atom is 0.205 e. The van der Waals surface area contributed by atoms with Gasteiger partial charge in [0, 0.05) is 24.5 Å². The number of thioether (sulfide) groups is 1. The smallest absolute Gasteiger partial charge is 0.205 e. The van der Waals surface area contributed by atoms with Crippen molar-refractivity contribution in [1.82, 2.24) is 24.7 Å². The van der Waals surface area contributed by atoms with Gasteiger partial charge in [-0.15, -0.1) is 10.2 Å². The Hall–Kier alpha value is -2.67. The molecule has 6 nitrogen and oxygen atoms in total. The van der Waals surface area contributed by atoms with Crippen molar-refractivity contribution >= 4 is 22.9 Å². The van der Waals surface area contributed by atoms with Crippen LogP contribution in [-0.4, -0.2) is 24.7 Å². The van der Waals surface area contributed by atoms with Gasteiger partial charge in [-0.05, 0) is 31.2 Å². The molecule has 0 fully saturated rings. The van der Waals surface area contributed by atoms with Gasteiger partial charge in [-0.3, -0.25) is 4.98 Å². The van der Waals surface area contributed by atoms with E-state index in [1.807, 2.05) is 36.4 Å². The van der Waals surface area contributed by atoms with Crippen LogP contribution in [-0.2, 0) is 12.3 Å². The van der Waals surface area contributed by atoms with Crippen LogP contribution >= 0.6 is 11.8 Å². The molecule has 0 saturated carbocycles. The van der Waals surface area contributed by atoms with E-state index >= 15 is 0 Å². The number of rotatable bonds is 5. The molecule has 3 aromatic heterocycles. The second kappa shape index (κ2) is 6.45. The molecule has 0 atom stereocenters. The quantitative estimate of drug-likeness (QED) is 0.516. The van der Waals surface area contributed by atoms with Crippen molar-refractivity contribution < 1.29 is 4.42 Å². The molecule has 0 amide bonds. The Kier molecular flexibility index (Phi) is 4.00. The van der Waals surface area contributed by atoms with E-state index < -0.39 is 0 Å². The Morgan fingerprint density at radius 3 is 2.71 bits per heavy atom. The number of hydrogen-bond donors (Lipinski definition) is 0. The van der Waals surface area contributed by atoms with Gasteiger partial charge in [0.2, 0.25) is 5.89 Å². The van der Waals surface area contributed by atoms with Gasteiger partial charge in [0.25, 0.3) is 0 Å². The zero-order valence-electron chi connectivity index (χ0n) is 13.1. The molecule has 0 radical (unpaired) electrons. The molecule has 0 aliphatic rings. The number of pyridine rings is 1. The highest BCUT2D eigenvalue weighted by molar-refractivity contribution is 7.98. The molecule has 24 heavy (non-hydrogen) atoms. The van der Waals surface area contributed by atoms with Gasteiger partial charge in [-0.2, -0.15) is 0 Å². The molecule has 4 aromatic rings. The standard InChI is InChI=1S/C17H15N5OS/c1-2-22-16(12-7-9-18-10-8-12)20-21-17(22)24-11-15-19-13-5-3-4-6-14(13)23-15/h3-10H,2,11H2,1H3. The summed E-state index contributed by atoms with van der Waals surface area (Å²) in [5.41, 5.74) is 2.69. The number of oxazole rings is 1. The predicted octanol–water partition coefficient (Wildman–Crippen LogP) is 3.79. The zero-order valence-corrected chi connectivity index (χ0v) is 13.9. The van der Waals surface area contributed by atoms with Crippen LogP contribution in [0, 0.1) is 0 Å². The van der Waals surface area contributed by atoms with E-state index in [1.54, 1.807) is 24.2 Å². The summed E-state index contributed by atoms with van der Waals surface area (Å²) in [5, 5.41) is 9.50. The third kappa shape index (κ3) is 2.78. The van der Waals surface area contributed by atoms with E-state index in [9.17, 15) is 0 Å². The summed E-state index contributed by atoms with van der Waals surface area (Å²) in [6, 6.07) is 11.6. The normalized spacial score (nSPS) is 11.2. The van der Waals surface area contributed by atoms with E-state index in [0.29, 0.717) is 11.6 Å². The van der Waals surface area contributed by atoms with E-state index in [4.69, 9.17) is 4.42 Å². The molecule has 0 saturated heterocycles. The van der Waals surface area contributed by atoms with Crippen molar-refractivity contribution in [2.24, 2.45) is 0 Å². The lowest BCUT2D eigenvalue weighted by Crippen LogP contribution is -2.00. The summed E-state index contributed by atoms with van der Waals surface area (Å²) in [6.07, 6.45) is 3.52. The first-order valence-corrected chi connectivity index (χ1v) is 8.64. The molecular weight excluding hydrogens is 322 g/mol. The van der Waals surface area contributed by atoms with Crippen molar-refractivity contribution in [1.29, 1.82) is 0 Å². The average Bonchev–Trinajstić information content (AvgIpc) is 3.23. The van der Waals surface area contributed by atoms with E-state index in [2.05, 4.69) is 31.7 Å². The summed E-state index contributed by atoms with van der Waals surface area (Å²) in [5.74, 6) is 2.15.